The second-order valence-corrected chi connectivity index (χ2v) is 2.98. The van der Waals surface area contributed by atoms with Gasteiger partial charge in [-0.2, -0.15) is 0 Å². The molecule has 0 saturated carbocycles. The smallest absolute Gasteiger partial charge is 0.320 e. The lowest BCUT2D eigenvalue weighted by Gasteiger charge is -2.13. The van der Waals surface area contributed by atoms with Crippen LogP contribution in [0.2, 0.25) is 0 Å². The van der Waals surface area contributed by atoms with E-state index in [0.29, 0.717) is 0 Å². The maximum Gasteiger partial charge on any atom is 0.320 e. The van der Waals surface area contributed by atoms with Gasteiger partial charge < -0.3 is 10.1 Å². The van der Waals surface area contributed by atoms with Gasteiger partial charge in [0.15, 0.2) is 6.10 Å². The molecule has 0 aliphatic carbocycles. The topological polar surface area (TPSA) is 58.6 Å². The van der Waals surface area contributed by atoms with Crippen molar-refractivity contribution in [3.05, 3.63) is 0 Å². The molecule has 0 rings (SSSR count). The van der Waals surface area contributed by atoms with E-state index in [-0.39, 0.29) is 12.5 Å². The van der Waals surface area contributed by atoms with Crippen molar-refractivity contribution < 1.29 is 14.3 Å². The second kappa shape index (κ2) is 5.53. The lowest BCUT2D eigenvalue weighted by molar-refractivity contribution is -0.155. The molecule has 0 radical (unpaired) electrons. The van der Waals surface area contributed by atoms with E-state index in [0.717, 1.165) is 0 Å². The van der Waals surface area contributed by atoms with E-state index in [2.05, 4.69) is 5.32 Å². The monoisotopic (exact) mass is 188 g/mol. The van der Waals surface area contributed by atoms with Crippen LogP contribution in [0, 0.1) is 0 Å². The summed E-state index contributed by atoms with van der Waals surface area (Å²) >= 11 is 0. The summed E-state index contributed by atoms with van der Waals surface area (Å²) in [5.74, 6) is -0.701. The Morgan fingerprint density at radius 3 is 2.38 bits per heavy atom. The molecule has 5 nitrogen and oxygen atoms in total. The summed E-state index contributed by atoms with van der Waals surface area (Å²) in [4.78, 5) is 23.7. The van der Waals surface area contributed by atoms with Crippen LogP contribution in [0.15, 0.2) is 0 Å². The third-order valence-corrected chi connectivity index (χ3v) is 1.37. The molecule has 13 heavy (non-hydrogen) atoms. The molecule has 1 amide bonds. The zero-order valence-electron chi connectivity index (χ0n) is 8.46. The van der Waals surface area contributed by atoms with Crippen LogP contribution in [0.25, 0.3) is 0 Å². The Bertz CT molecular complexity index is 192. The summed E-state index contributed by atoms with van der Waals surface area (Å²) in [5, 5.41) is 2.39. The van der Waals surface area contributed by atoms with Gasteiger partial charge in [0.1, 0.15) is 0 Å². The van der Waals surface area contributed by atoms with Crippen LogP contribution >= 0.6 is 0 Å². The molecule has 5 heteroatoms. The number of likely N-dealkylation sites (N-methyl/N-ethyl adjacent to an activating group) is 2. The number of hydrogen-bond donors (Lipinski definition) is 1. The van der Waals surface area contributed by atoms with Gasteiger partial charge in [-0.1, -0.05) is 0 Å². The van der Waals surface area contributed by atoms with E-state index in [4.69, 9.17) is 4.74 Å². The average Bonchev–Trinajstić information content (AvgIpc) is 2.01. The van der Waals surface area contributed by atoms with E-state index in [9.17, 15) is 9.59 Å². The fraction of sp³-hybridized carbons (Fsp3) is 0.750. The van der Waals surface area contributed by atoms with Crippen LogP contribution in [0.5, 0.6) is 0 Å². The number of carbonyl (C=O) groups is 2. The Morgan fingerprint density at radius 1 is 1.46 bits per heavy atom. The minimum absolute atomic E-state index is 0.182. The van der Waals surface area contributed by atoms with Gasteiger partial charge >= 0.3 is 5.97 Å². The quantitative estimate of drug-likeness (QED) is 0.588. The van der Waals surface area contributed by atoms with Crippen molar-refractivity contribution in [1.82, 2.24) is 10.2 Å². The Kier molecular flexibility index (Phi) is 5.06. The first kappa shape index (κ1) is 11.9. The van der Waals surface area contributed by atoms with Crippen LogP contribution in [0.4, 0.5) is 0 Å². The van der Waals surface area contributed by atoms with E-state index in [1.54, 1.807) is 19.0 Å². The van der Waals surface area contributed by atoms with Gasteiger partial charge in [-0.3, -0.25) is 14.5 Å². The molecule has 0 aromatic heterocycles. The molecule has 0 aliphatic heterocycles. The summed E-state index contributed by atoms with van der Waals surface area (Å²) in [6, 6.07) is 0. The van der Waals surface area contributed by atoms with Gasteiger partial charge in [-0.15, -0.1) is 0 Å². The zero-order valence-corrected chi connectivity index (χ0v) is 8.46. The number of hydrogen-bond acceptors (Lipinski definition) is 4. The lowest BCUT2D eigenvalue weighted by Crippen LogP contribution is -2.35. The highest BCUT2D eigenvalue weighted by molar-refractivity contribution is 5.83. The van der Waals surface area contributed by atoms with Gasteiger partial charge in [0.2, 0.25) is 0 Å². The second-order valence-electron chi connectivity index (χ2n) is 2.98. The summed E-state index contributed by atoms with van der Waals surface area (Å²) in [6.45, 7) is 1.72. The Morgan fingerprint density at radius 2 is 2.00 bits per heavy atom. The third kappa shape index (κ3) is 5.19. The number of carbonyl (C=O) groups excluding carboxylic acids is 2. The zero-order chi connectivity index (χ0) is 10.4. The van der Waals surface area contributed by atoms with Crippen LogP contribution in [0.1, 0.15) is 6.92 Å². The third-order valence-electron chi connectivity index (χ3n) is 1.37. The number of amides is 1. The minimum atomic E-state index is -0.725. The average molecular weight is 188 g/mol. The van der Waals surface area contributed by atoms with Crippen molar-refractivity contribution in [2.75, 3.05) is 27.7 Å². The van der Waals surface area contributed by atoms with E-state index in [1.807, 2.05) is 0 Å². The predicted octanol–water partition coefficient (Wildman–Crippen LogP) is -0.774. The number of nitrogens with one attached hydrogen (secondary N) is 1. The largest absolute Gasteiger partial charge is 0.452 e. The number of ether oxygens (including phenoxy) is 1. The van der Waals surface area contributed by atoms with Crippen molar-refractivity contribution in [2.24, 2.45) is 0 Å². The molecule has 1 N–H and O–H groups in total. The fourth-order valence-corrected chi connectivity index (χ4v) is 0.749. The number of rotatable bonds is 4. The molecule has 1 unspecified atom stereocenters. The standard InChI is InChI=1S/C8H16N2O3/c1-6(8(12)9-2)13-7(11)5-10(3)4/h6H,5H2,1-4H3,(H,9,12). The molecule has 0 bridgehead atoms. The Hall–Kier alpha value is -1.10. The summed E-state index contributed by atoms with van der Waals surface area (Å²) in [6.07, 6.45) is -0.725. The summed E-state index contributed by atoms with van der Waals surface area (Å²) < 4.78 is 4.82. The van der Waals surface area contributed by atoms with Gasteiger partial charge in [-0.05, 0) is 21.0 Å². The first-order chi connectivity index (χ1) is 5.97. The molecule has 0 aromatic carbocycles. The van der Waals surface area contributed by atoms with Crippen molar-refractivity contribution in [2.45, 2.75) is 13.0 Å². The molecule has 0 saturated heterocycles. The lowest BCUT2D eigenvalue weighted by atomic mass is 10.4. The van der Waals surface area contributed by atoms with Gasteiger partial charge in [-0.25, -0.2) is 0 Å². The fourth-order valence-electron chi connectivity index (χ4n) is 0.749. The van der Waals surface area contributed by atoms with Crippen molar-refractivity contribution in [3.63, 3.8) is 0 Å². The maximum atomic E-state index is 11.0. The Balaban J connectivity index is 3.85. The molecule has 0 spiro atoms. The van der Waals surface area contributed by atoms with E-state index < -0.39 is 12.1 Å². The molecule has 0 aliphatic rings. The van der Waals surface area contributed by atoms with Crippen molar-refractivity contribution in [3.8, 4) is 0 Å². The maximum absolute atomic E-state index is 11.0. The van der Waals surface area contributed by atoms with Crippen molar-refractivity contribution >= 4 is 11.9 Å². The normalized spacial score (nSPS) is 12.4. The van der Waals surface area contributed by atoms with E-state index >= 15 is 0 Å². The number of esters is 1. The molecule has 1 atom stereocenters. The predicted molar refractivity (Wildman–Crippen MR) is 48.2 cm³/mol. The molecular formula is C8H16N2O3. The molecule has 0 aromatic rings. The van der Waals surface area contributed by atoms with E-state index in [1.165, 1.54) is 14.0 Å². The van der Waals surface area contributed by atoms with Crippen molar-refractivity contribution in [1.29, 1.82) is 0 Å². The first-order valence-electron chi connectivity index (χ1n) is 4.03. The van der Waals surface area contributed by atoms with Gasteiger partial charge in [0.25, 0.3) is 5.91 Å². The minimum Gasteiger partial charge on any atom is -0.452 e. The van der Waals surface area contributed by atoms with Crippen LogP contribution < -0.4 is 5.32 Å². The van der Waals surface area contributed by atoms with Crippen LogP contribution in [-0.2, 0) is 14.3 Å². The molecular weight excluding hydrogens is 172 g/mol. The van der Waals surface area contributed by atoms with Crippen LogP contribution in [-0.4, -0.2) is 50.6 Å². The summed E-state index contributed by atoms with van der Waals surface area (Å²) in [5.41, 5.74) is 0. The van der Waals surface area contributed by atoms with Gasteiger partial charge in [0.05, 0.1) is 6.54 Å². The first-order valence-corrected chi connectivity index (χ1v) is 4.03. The number of nitrogens with zero attached hydrogens (tertiary/aromatic N) is 1. The summed E-state index contributed by atoms with van der Waals surface area (Å²) in [7, 11) is 5.01. The molecule has 0 heterocycles. The molecule has 76 valence electrons. The highest BCUT2D eigenvalue weighted by atomic mass is 16.5. The Labute approximate surface area is 78.0 Å². The van der Waals surface area contributed by atoms with Gasteiger partial charge in [0, 0.05) is 7.05 Å². The van der Waals surface area contributed by atoms with Crippen LogP contribution in [0.3, 0.4) is 0 Å². The highest BCUT2D eigenvalue weighted by Crippen LogP contribution is 1.92. The molecule has 0 fully saturated rings. The highest BCUT2D eigenvalue weighted by Gasteiger charge is 2.15. The SMILES string of the molecule is CNC(=O)C(C)OC(=O)CN(C)C.